The van der Waals surface area contributed by atoms with Gasteiger partial charge < -0.3 is 9.47 Å². The van der Waals surface area contributed by atoms with Crippen LogP contribution in [0.15, 0.2) is 158 Å². The molecular formula is C38H24N6O4. The van der Waals surface area contributed by atoms with Crippen LogP contribution >= 0.6 is 0 Å². The summed E-state index contributed by atoms with van der Waals surface area (Å²) < 4.78 is 11.4. The molecule has 2 aromatic carbocycles. The van der Waals surface area contributed by atoms with Crippen molar-refractivity contribution in [2.75, 3.05) is 9.80 Å². The molecule has 0 unspecified atom stereocenters. The van der Waals surface area contributed by atoms with Gasteiger partial charge in [0.1, 0.15) is 34.4 Å². The Labute approximate surface area is 274 Å². The molecule has 0 atom stereocenters. The first kappa shape index (κ1) is 28.5. The van der Waals surface area contributed by atoms with Crippen molar-refractivity contribution in [1.82, 2.24) is 19.9 Å². The summed E-state index contributed by atoms with van der Waals surface area (Å²) in [5, 5.41) is 0. The van der Waals surface area contributed by atoms with Gasteiger partial charge in [-0.15, -0.1) is 0 Å². The number of hydrogen-bond acceptors (Lipinski definition) is 10. The molecule has 0 amide bonds. The minimum atomic E-state index is -0.600. The second kappa shape index (κ2) is 12.1. The second-order valence-electron chi connectivity index (χ2n) is 10.7. The Hall–Kier alpha value is -6.94. The molecule has 230 valence electrons. The van der Waals surface area contributed by atoms with Gasteiger partial charge in [-0.2, -0.15) is 0 Å². The molecule has 10 heteroatoms. The first-order valence-electron chi connectivity index (χ1n) is 15.0. The smallest absolute Gasteiger partial charge is 0.348 e. The van der Waals surface area contributed by atoms with E-state index >= 15 is 0 Å². The fourth-order valence-electron chi connectivity index (χ4n) is 5.65. The van der Waals surface area contributed by atoms with Crippen molar-refractivity contribution in [2.24, 2.45) is 0 Å². The van der Waals surface area contributed by atoms with E-state index in [0.29, 0.717) is 34.4 Å². The number of ether oxygens (including phenoxy) is 2. The highest BCUT2D eigenvalue weighted by Crippen LogP contribution is 2.44. The van der Waals surface area contributed by atoms with Crippen LogP contribution in [0.2, 0.25) is 0 Å². The van der Waals surface area contributed by atoms with Gasteiger partial charge in [0.25, 0.3) is 0 Å². The lowest BCUT2D eigenvalue weighted by Gasteiger charge is -2.23. The highest BCUT2D eigenvalue weighted by molar-refractivity contribution is 6.29. The number of benzene rings is 2. The van der Waals surface area contributed by atoms with Crippen LogP contribution in [0.5, 0.6) is 0 Å². The third-order valence-electron chi connectivity index (χ3n) is 7.80. The summed E-state index contributed by atoms with van der Waals surface area (Å²) in [5.41, 5.74) is 2.99. The van der Waals surface area contributed by atoms with Gasteiger partial charge in [0.15, 0.2) is 11.5 Å². The van der Waals surface area contributed by atoms with Gasteiger partial charge in [0.2, 0.25) is 0 Å². The number of carbonyl (C=O) groups excluding carboxylic acids is 2. The summed E-state index contributed by atoms with van der Waals surface area (Å²) in [6.45, 7) is 0. The summed E-state index contributed by atoms with van der Waals surface area (Å²) in [6, 6.07) is 37.1. The predicted octanol–water partition coefficient (Wildman–Crippen LogP) is 7.44. The lowest BCUT2D eigenvalue weighted by molar-refractivity contribution is -0.131. The molecule has 0 radical (unpaired) electrons. The number of aromatic nitrogens is 4. The van der Waals surface area contributed by atoms with Crippen LogP contribution in [0.1, 0.15) is 11.1 Å². The summed E-state index contributed by atoms with van der Waals surface area (Å²) in [4.78, 5) is 48.3. The SMILES string of the molecule is O=C1OC2=C(c3ccc(N(c4ccccn4)c4ccccn4)cc3)C(=O)OC2=C1c1ccc(N(c2ccccn2)c2ccccn2)cc1. The van der Waals surface area contributed by atoms with E-state index in [1.165, 1.54) is 0 Å². The summed E-state index contributed by atoms with van der Waals surface area (Å²) in [5.74, 6) is 1.73. The van der Waals surface area contributed by atoms with Crippen molar-refractivity contribution >= 4 is 57.7 Å². The molecular weight excluding hydrogens is 604 g/mol. The van der Waals surface area contributed by atoms with E-state index in [1.807, 2.05) is 107 Å². The van der Waals surface area contributed by atoms with Crippen molar-refractivity contribution < 1.29 is 19.1 Å². The number of esters is 2. The predicted molar refractivity (Wildman–Crippen MR) is 179 cm³/mol. The lowest BCUT2D eigenvalue weighted by atomic mass is 10.0. The Bertz CT molecular complexity index is 1950. The topological polar surface area (TPSA) is 111 Å². The van der Waals surface area contributed by atoms with Crippen LogP contribution in [0.4, 0.5) is 34.6 Å². The molecule has 6 aromatic rings. The van der Waals surface area contributed by atoms with Crippen LogP contribution in [-0.4, -0.2) is 31.9 Å². The molecule has 0 N–H and O–H groups in total. The average Bonchev–Trinajstić information content (AvgIpc) is 3.62. The van der Waals surface area contributed by atoms with E-state index in [9.17, 15) is 9.59 Å². The van der Waals surface area contributed by atoms with Crippen LogP contribution in [0.3, 0.4) is 0 Å². The Kier molecular flexibility index (Phi) is 7.19. The normalized spacial score (nSPS) is 13.7. The molecule has 0 aliphatic carbocycles. The molecule has 2 aliphatic heterocycles. The summed E-state index contributed by atoms with van der Waals surface area (Å²) in [6.07, 6.45) is 6.85. The van der Waals surface area contributed by atoms with Crippen molar-refractivity contribution in [3.05, 3.63) is 169 Å². The number of nitrogens with zero attached hydrogens (tertiary/aromatic N) is 6. The standard InChI is InChI=1S/C38H24N6O4/c45-37-33(25-13-17-27(18-14-25)43(29-9-1-5-21-39-29)30-10-2-6-22-40-30)35-36(48-37)34(38(46)47-35)26-15-19-28(20-16-26)44(31-11-3-7-23-41-31)32-12-4-8-24-42-32/h1-24H. The first-order chi connectivity index (χ1) is 23.7. The van der Waals surface area contributed by atoms with Gasteiger partial charge in [-0.05, 0) is 83.9 Å². The van der Waals surface area contributed by atoms with E-state index in [0.717, 1.165) is 11.4 Å². The Morgan fingerprint density at radius 1 is 0.396 bits per heavy atom. The number of hydrogen-bond donors (Lipinski definition) is 0. The molecule has 0 spiro atoms. The number of carbonyl (C=O) groups is 2. The summed E-state index contributed by atoms with van der Waals surface area (Å²) in [7, 11) is 0. The second-order valence-corrected chi connectivity index (χ2v) is 10.7. The highest BCUT2D eigenvalue weighted by atomic mass is 16.6. The average molecular weight is 629 g/mol. The van der Waals surface area contributed by atoms with Gasteiger partial charge in [0, 0.05) is 36.2 Å². The molecule has 0 fully saturated rings. The zero-order valence-corrected chi connectivity index (χ0v) is 25.2. The van der Waals surface area contributed by atoms with Crippen LogP contribution < -0.4 is 9.80 Å². The van der Waals surface area contributed by atoms with Gasteiger partial charge in [0.05, 0.1) is 0 Å². The fourth-order valence-corrected chi connectivity index (χ4v) is 5.65. The van der Waals surface area contributed by atoms with Gasteiger partial charge in [-0.25, -0.2) is 29.5 Å². The maximum absolute atomic E-state index is 13.2. The van der Waals surface area contributed by atoms with E-state index < -0.39 is 11.9 Å². The third-order valence-corrected chi connectivity index (χ3v) is 7.80. The van der Waals surface area contributed by atoms with Crippen molar-refractivity contribution in [3.63, 3.8) is 0 Å². The molecule has 4 aromatic heterocycles. The molecule has 6 heterocycles. The molecule has 8 rings (SSSR count). The highest BCUT2D eigenvalue weighted by Gasteiger charge is 2.43. The number of anilines is 6. The molecule has 10 nitrogen and oxygen atoms in total. The zero-order valence-electron chi connectivity index (χ0n) is 25.2. The fraction of sp³-hybridized carbons (Fsp3) is 0. The van der Waals surface area contributed by atoms with E-state index in [2.05, 4.69) is 19.9 Å². The van der Waals surface area contributed by atoms with Gasteiger partial charge in [-0.3, -0.25) is 9.80 Å². The Morgan fingerprint density at radius 3 is 0.979 bits per heavy atom. The lowest BCUT2D eigenvalue weighted by Crippen LogP contribution is -2.13. The molecule has 0 saturated carbocycles. The van der Waals surface area contributed by atoms with Crippen molar-refractivity contribution in [2.45, 2.75) is 0 Å². The van der Waals surface area contributed by atoms with Crippen molar-refractivity contribution in [1.29, 1.82) is 0 Å². The monoisotopic (exact) mass is 628 g/mol. The van der Waals surface area contributed by atoms with E-state index in [-0.39, 0.29) is 22.7 Å². The number of pyridine rings is 4. The molecule has 2 aliphatic rings. The van der Waals surface area contributed by atoms with Crippen LogP contribution in [-0.2, 0) is 19.1 Å². The Balaban J connectivity index is 1.13. The molecule has 0 saturated heterocycles. The van der Waals surface area contributed by atoms with Gasteiger partial charge in [-0.1, -0.05) is 48.5 Å². The van der Waals surface area contributed by atoms with Crippen molar-refractivity contribution in [3.8, 4) is 0 Å². The molecule has 0 bridgehead atoms. The maximum Gasteiger partial charge on any atom is 0.348 e. The minimum absolute atomic E-state index is 0.103. The third kappa shape index (κ3) is 5.13. The van der Waals surface area contributed by atoms with E-state index in [4.69, 9.17) is 9.47 Å². The minimum Gasteiger partial charge on any atom is -0.418 e. The number of rotatable bonds is 8. The zero-order chi connectivity index (χ0) is 32.5. The Morgan fingerprint density at radius 2 is 0.708 bits per heavy atom. The maximum atomic E-state index is 13.2. The van der Waals surface area contributed by atoms with E-state index in [1.54, 1.807) is 49.1 Å². The van der Waals surface area contributed by atoms with Crippen LogP contribution in [0, 0.1) is 0 Å². The number of fused-ring (bicyclic) bond motifs is 1. The van der Waals surface area contributed by atoms with Gasteiger partial charge >= 0.3 is 11.9 Å². The first-order valence-corrected chi connectivity index (χ1v) is 15.0. The molecule has 48 heavy (non-hydrogen) atoms. The summed E-state index contributed by atoms with van der Waals surface area (Å²) >= 11 is 0. The quantitative estimate of drug-likeness (QED) is 0.158. The largest absolute Gasteiger partial charge is 0.418 e. The van der Waals surface area contributed by atoms with Crippen LogP contribution in [0.25, 0.3) is 11.1 Å².